The number of pyridine rings is 1. The highest BCUT2D eigenvalue weighted by molar-refractivity contribution is 5.94. The molecule has 0 aliphatic heterocycles. The van der Waals surface area contributed by atoms with Crippen LogP contribution in [-0.4, -0.2) is 34.6 Å². The third kappa shape index (κ3) is 3.68. The SMILES string of the molecule is CC(C1CC1)N(CC(F)(F)F)C(=O)c1ccnc(F)c1F. The van der Waals surface area contributed by atoms with Gasteiger partial charge in [-0.15, -0.1) is 0 Å². The molecular weight excluding hydrogens is 295 g/mol. The number of carbonyl (C=O) groups is 1. The van der Waals surface area contributed by atoms with Crippen molar-refractivity contribution in [3.05, 3.63) is 29.6 Å². The van der Waals surface area contributed by atoms with Gasteiger partial charge >= 0.3 is 6.18 Å². The highest BCUT2D eigenvalue weighted by Gasteiger charge is 2.41. The van der Waals surface area contributed by atoms with Crippen LogP contribution in [0.15, 0.2) is 12.3 Å². The molecule has 1 aliphatic carbocycles. The van der Waals surface area contributed by atoms with Crippen molar-refractivity contribution in [2.45, 2.75) is 32.0 Å². The molecule has 2 rings (SSSR count). The molecule has 1 aromatic rings. The van der Waals surface area contributed by atoms with E-state index in [2.05, 4.69) is 4.98 Å². The van der Waals surface area contributed by atoms with Crippen LogP contribution >= 0.6 is 0 Å². The normalized spacial score (nSPS) is 16.7. The predicted molar refractivity (Wildman–Crippen MR) is 63.4 cm³/mol. The maximum absolute atomic E-state index is 13.6. The number of amides is 1. The Hall–Kier alpha value is -1.73. The summed E-state index contributed by atoms with van der Waals surface area (Å²) in [6.45, 7) is -0.0103. The van der Waals surface area contributed by atoms with Gasteiger partial charge in [0.1, 0.15) is 6.54 Å². The van der Waals surface area contributed by atoms with Gasteiger partial charge in [0.15, 0.2) is 5.82 Å². The molecule has 0 radical (unpaired) electrons. The van der Waals surface area contributed by atoms with Crippen LogP contribution in [0.2, 0.25) is 0 Å². The lowest BCUT2D eigenvalue weighted by molar-refractivity contribution is -0.144. The number of aromatic nitrogens is 1. The van der Waals surface area contributed by atoms with Crippen LogP contribution in [0, 0.1) is 17.7 Å². The lowest BCUT2D eigenvalue weighted by atomic mass is 10.1. The number of halogens is 5. The van der Waals surface area contributed by atoms with E-state index in [1.54, 1.807) is 0 Å². The monoisotopic (exact) mass is 308 g/mol. The first-order valence-corrected chi connectivity index (χ1v) is 6.38. The minimum Gasteiger partial charge on any atom is -0.326 e. The molecule has 1 aliphatic rings. The Morgan fingerprint density at radius 2 is 2.05 bits per heavy atom. The standard InChI is InChI=1S/C13H13F5N2O/c1-7(8-2-3-8)20(6-13(16,17)18)12(21)9-4-5-19-11(15)10(9)14/h4-5,7-8H,2-3,6H2,1H3. The lowest BCUT2D eigenvalue weighted by Gasteiger charge is -2.30. The van der Waals surface area contributed by atoms with Crippen LogP contribution in [0.5, 0.6) is 0 Å². The van der Waals surface area contributed by atoms with Gasteiger partial charge in [0.05, 0.1) is 5.56 Å². The molecular formula is C13H13F5N2O. The summed E-state index contributed by atoms with van der Waals surface area (Å²) in [5, 5.41) is 0. The Morgan fingerprint density at radius 3 is 2.57 bits per heavy atom. The third-order valence-corrected chi connectivity index (χ3v) is 3.48. The van der Waals surface area contributed by atoms with E-state index in [9.17, 15) is 26.7 Å². The largest absolute Gasteiger partial charge is 0.406 e. The van der Waals surface area contributed by atoms with Gasteiger partial charge < -0.3 is 4.90 Å². The van der Waals surface area contributed by atoms with Crippen molar-refractivity contribution in [1.29, 1.82) is 0 Å². The average molecular weight is 308 g/mol. The molecule has 0 N–H and O–H groups in total. The number of hydrogen-bond acceptors (Lipinski definition) is 2. The zero-order chi connectivity index (χ0) is 15.8. The molecule has 1 fully saturated rings. The molecule has 1 atom stereocenters. The van der Waals surface area contributed by atoms with Gasteiger partial charge in [-0.25, -0.2) is 9.37 Å². The fraction of sp³-hybridized carbons (Fsp3) is 0.538. The Labute approximate surface area is 117 Å². The second-order valence-electron chi connectivity index (χ2n) is 5.09. The summed E-state index contributed by atoms with van der Waals surface area (Å²) in [4.78, 5) is 15.7. The quantitative estimate of drug-likeness (QED) is 0.632. The maximum atomic E-state index is 13.6. The van der Waals surface area contributed by atoms with Crippen molar-refractivity contribution >= 4 is 5.91 Å². The summed E-state index contributed by atoms with van der Waals surface area (Å²) in [5.74, 6) is -4.25. The topological polar surface area (TPSA) is 33.2 Å². The molecule has 1 saturated carbocycles. The van der Waals surface area contributed by atoms with Crippen molar-refractivity contribution in [3.63, 3.8) is 0 Å². The van der Waals surface area contributed by atoms with Crippen molar-refractivity contribution in [2.24, 2.45) is 5.92 Å². The molecule has 0 spiro atoms. The van der Waals surface area contributed by atoms with E-state index in [0.29, 0.717) is 4.90 Å². The Morgan fingerprint density at radius 1 is 1.43 bits per heavy atom. The molecule has 3 nitrogen and oxygen atoms in total. The summed E-state index contributed by atoms with van der Waals surface area (Å²) >= 11 is 0. The Balaban J connectivity index is 2.30. The Kier molecular flexibility index (Phi) is 4.15. The molecule has 116 valence electrons. The van der Waals surface area contributed by atoms with Crippen molar-refractivity contribution in [1.82, 2.24) is 9.88 Å². The lowest BCUT2D eigenvalue weighted by Crippen LogP contribution is -2.45. The number of carbonyl (C=O) groups excluding carboxylic acids is 1. The minimum absolute atomic E-state index is 0.0361. The van der Waals surface area contributed by atoms with Gasteiger partial charge in [-0.2, -0.15) is 17.6 Å². The average Bonchev–Trinajstić information content (AvgIpc) is 3.21. The van der Waals surface area contributed by atoms with Gasteiger partial charge in [-0.05, 0) is 31.7 Å². The second kappa shape index (κ2) is 5.57. The first-order chi connectivity index (χ1) is 9.70. The Bertz CT molecular complexity index is 542. The first-order valence-electron chi connectivity index (χ1n) is 6.38. The van der Waals surface area contributed by atoms with Crippen molar-refractivity contribution in [2.75, 3.05) is 6.54 Å². The highest BCUT2D eigenvalue weighted by atomic mass is 19.4. The molecule has 1 unspecified atom stereocenters. The summed E-state index contributed by atoms with van der Waals surface area (Å²) in [6, 6.07) is 0.193. The minimum atomic E-state index is -4.61. The second-order valence-corrected chi connectivity index (χ2v) is 5.09. The highest BCUT2D eigenvalue weighted by Crippen LogP contribution is 2.36. The van der Waals surface area contributed by atoms with Gasteiger partial charge in [0, 0.05) is 12.2 Å². The first kappa shape index (κ1) is 15.7. The van der Waals surface area contributed by atoms with E-state index in [-0.39, 0.29) is 5.92 Å². The summed E-state index contributed by atoms with van der Waals surface area (Å²) in [6.07, 6.45) is -2.33. The summed E-state index contributed by atoms with van der Waals surface area (Å²) in [7, 11) is 0. The molecule has 0 saturated heterocycles. The molecule has 1 heterocycles. The molecule has 0 bridgehead atoms. The zero-order valence-electron chi connectivity index (χ0n) is 11.1. The van der Waals surface area contributed by atoms with Crippen LogP contribution < -0.4 is 0 Å². The summed E-state index contributed by atoms with van der Waals surface area (Å²) in [5.41, 5.74) is -0.737. The van der Waals surface area contributed by atoms with Crippen molar-refractivity contribution in [3.8, 4) is 0 Å². The van der Waals surface area contributed by atoms with Gasteiger partial charge in [0.25, 0.3) is 5.91 Å². The van der Waals surface area contributed by atoms with Crippen molar-refractivity contribution < 1.29 is 26.7 Å². The van der Waals surface area contributed by atoms with E-state index in [4.69, 9.17) is 0 Å². The maximum Gasteiger partial charge on any atom is 0.406 e. The fourth-order valence-corrected chi connectivity index (χ4v) is 2.17. The van der Waals surface area contributed by atoms with E-state index >= 15 is 0 Å². The van der Waals surface area contributed by atoms with Gasteiger partial charge in [0.2, 0.25) is 5.95 Å². The smallest absolute Gasteiger partial charge is 0.326 e. The molecule has 1 aromatic heterocycles. The van der Waals surface area contributed by atoms with E-state index in [1.807, 2.05) is 0 Å². The number of nitrogens with zero attached hydrogens (tertiary/aromatic N) is 2. The summed E-state index contributed by atoms with van der Waals surface area (Å²) < 4.78 is 64.5. The number of rotatable bonds is 4. The van der Waals surface area contributed by atoms with E-state index in [0.717, 1.165) is 25.1 Å². The van der Waals surface area contributed by atoms with Crippen LogP contribution in [0.1, 0.15) is 30.1 Å². The van der Waals surface area contributed by atoms with Gasteiger partial charge in [-0.1, -0.05) is 0 Å². The van der Waals surface area contributed by atoms with Crippen LogP contribution in [0.4, 0.5) is 22.0 Å². The molecule has 21 heavy (non-hydrogen) atoms. The van der Waals surface area contributed by atoms with E-state index in [1.165, 1.54) is 6.92 Å². The van der Waals surface area contributed by atoms with E-state index < -0.39 is 42.0 Å². The third-order valence-electron chi connectivity index (χ3n) is 3.48. The molecule has 8 heteroatoms. The predicted octanol–water partition coefficient (Wildman–Crippen LogP) is 3.16. The zero-order valence-corrected chi connectivity index (χ0v) is 11.1. The van der Waals surface area contributed by atoms with Crippen LogP contribution in [0.3, 0.4) is 0 Å². The van der Waals surface area contributed by atoms with Crippen LogP contribution in [0.25, 0.3) is 0 Å². The molecule has 0 aromatic carbocycles. The molecule has 1 amide bonds. The fourth-order valence-electron chi connectivity index (χ4n) is 2.17. The van der Waals surface area contributed by atoms with Gasteiger partial charge in [-0.3, -0.25) is 4.79 Å². The van der Waals surface area contributed by atoms with Crippen LogP contribution in [-0.2, 0) is 0 Å². The number of alkyl halides is 3. The number of hydrogen-bond donors (Lipinski definition) is 0.